The maximum Gasteiger partial charge on any atom is 0.304 e. The van der Waals surface area contributed by atoms with Crippen molar-refractivity contribution in [2.24, 2.45) is 0 Å². The summed E-state index contributed by atoms with van der Waals surface area (Å²) in [4.78, 5) is 6.70. The maximum atomic E-state index is 12.1. The maximum absolute atomic E-state index is 12.1. The number of pyridine rings is 1. The molecule has 0 amide bonds. The molecule has 1 aromatic carbocycles. The Bertz CT molecular complexity index is 2070. The van der Waals surface area contributed by atoms with E-state index in [0.717, 1.165) is 83.4 Å². The first-order valence-corrected chi connectivity index (χ1v) is 17.9. The molecule has 0 unspecified atom stereocenters. The minimum absolute atomic E-state index is 0.0470. The van der Waals surface area contributed by atoms with Crippen LogP contribution in [-0.2, 0) is 34.4 Å². The van der Waals surface area contributed by atoms with Gasteiger partial charge in [0.15, 0.2) is 4.21 Å². The first-order chi connectivity index (χ1) is 21.9. The van der Waals surface area contributed by atoms with E-state index < -0.39 is 10.1 Å². The molecule has 6 rings (SSSR count). The van der Waals surface area contributed by atoms with Gasteiger partial charge in [-0.1, -0.05) is 36.3 Å². The Morgan fingerprint density at radius 1 is 1.04 bits per heavy atom. The lowest BCUT2D eigenvalue weighted by Gasteiger charge is -2.13. The van der Waals surface area contributed by atoms with Crippen molar-refractivity contribution in [3.8, 4) is 21.7 Å². The molecule has 0 atom stereocenters. The highest BCUT2D eigenvalue weighted by Crippen LogP contribution is 2.38. The van der Waals surface area contributed by atoms with E-state index in [0.29, 0.717) is 31.2 Å². The van der Waals surface area contributed by atoms with Crippen molar-refractivity contribution in [2.45, 2.75) is 65.3 Å². The number of ether oxygens (including phenoxy) is 1. The zero-order valence-corrected chi connectivity index (χ0v) is 29.1. The Balaban J connectivity index is 0.000000455. The summed E-state index contributed by atoms with van der Waals surface area (Å²) in [6, 6.07) is 14.0. The van der Waals surface area contributed by atoms with Gasteiger partial charge >= 0.3 is 10.1 Å². The molecular formula is C33H37N5O5S3. The standard InChI is InChI=1S/C28H29N3O4S3.C5H8N2O/c1-5-21-14-24-26(18(4)29-21)27(25-8-7-11-36-25)30-31(24)15-19-9-10-22(20(13-19)16-35-6-2)23-12-17(3)37-28(23)38(32,33)34;1-3-4(2)7-8-5(3)6/h7-14H,5-6,15-16H2,1-4H3,(H,32,33,34);6H2,1-2H3. The molecule has 0 saturated heterocycles. The highest BCUT2D eigenvalue weighted by atomic mass is 32.3. The SMILES string of the molecule is CCOCc1cc(Cn2nc(-c3cccs3)c3c(C)nc(CC)cc32)ccc1-c1cc(C)sc1S(=O)(=O)O.Cc1noc(N)c1C. The van der Waals surface area contributed by atoms with Crippen molar-refractivity contribution in [2.75, 3.05) is 12.3 Å². The van der Waals surface area contributed by atoms with Gasteiger partial charge in [0.05, 0.1) is 34.6 Å². The van der Waals surface area contributed by atoms with Gasteiger partial charge in [-0.3, -0.25) is 14.2 Å². The average molecular weight is 680 g/mol. The number of fused-ring (bicyclic) bond motifs is 1. The lowest BCUT2D eigenvalue weighted by molar-refractivity contribution is 0.134. The highest BCUT2D eigenvalue weighted by molar-refractivity contribution is 7.88. The monoisotopic (exact) mass is 679 g/mol. The summed E-state index contributed by atoms with van der Waals surface area (Å²) in [5.41, 5.74) is 14.2. The van der Waals surface area contributed by atoms with E-state index in [-0.39, 0.29) is 4.21 Å². The van der Waals surface area contributed by atoms with Gasteiger partial charge < -0.3 is 15.0 Å². The van der Waals surface area contributed by atoms with E-state index in [4.69, 9.17) is 20.6 Å². The topological polar surface area (TPSA) is 146 Å². The number of nitrogen functional groups attached to an aromatic ring is 1. The smallest absolute Gasteiger partial charge is 0.304 e. The molecule has 0 aliphatic heterocycles. The Morgan fingerprint density at radius 3 is 2.41 bits per heavy atom. The molecular weight excluding hydrogens is 643 g/mol. The third kappa shape index (κ3) is 7.08. The summed E-state index contributed by atoms with van der Waals surface area (Å²) in [5.74, 6) is 0.419. The molecule has 46 heavy (non-hydrogen) atoms. The summed E-state index contributed by atoms with van der Waals surface area (Å²) < 4.78 is 46.4. The number of benzene rings is 1. The molecule has 3 N–H and O–H groups in total. The van der Waals surface area contributed by atoms with Crippen LogP contribution in [-0.4, -0.2) is 39.5 Å². The number of anilines is 1. The van der Waals surface area contributed by atoms with E-state index in [2.05, 4.69) is 34.1 Å². The number of aryl methyl sites for hydroxylation is 4. The molecule has 0 radical (unpaired) electrons. The number of thiophene rings is 2. The van der Waals surface area contributed by atoms with Crippen molar-refractivity contribution >= 4 is 49.6 Å². The van der Waals surface area contributed by atoms with Gasteiger partial charge in [-0.25, -0.2) is 0 Å². The number of hydrogen-bond donors (Lipinski definition) is 2. The van der Waals surface area contributed by atoms with Crippen LogP contribution < -0.4 is 5.73 Å². The van der Waals surface area contributed by atoms with Gasteiger partial charge in [-0.05, 0) is 81.3 Å². The Morgan fingerprint density at radius 2 is 1.83 bits per heavy atom. The van der Waals surface area contributed by atoms with Crippen molar-refractivity contribution in [1.29, 1.82) is 0 Å². The molecule has 6 aromatic rings. The molecule has 10 nitrogen and oxygen atoms in total. The summed E-state index contributed by atoms with van der Waals surface area (Å²) in [6.07, 6.45) is 0.833. The number of aromatic nitrogens is 4. The second-order valence-corrected chi connectivity index (χ2v) is 14.7. The van der Waals surface area contributed by atoms with Gasteiger partial charge in [-0.15, -0.1) is 22.7 Å². The third-order valence-corrected chi connectivity index (χ3v) is 10.9. The number of rotatable bonds is 9. The molecule has 0 saturated carbocycles. The van der Waals surface area contributed by atoms with E-state index in [1.54, 1.807) is 17.4 Å². The van der Waals surface area contributed by atoms with Crippen LogP contribution in [0.2, 0.25) is 0 Å². The minimum Gasteiger partial charge on any atom is -0.377 e. The fourth-order valence-corrected chi connectivity index (χ4v) is 7.87. The molecule has 5 aromatic heterocycles. The van der Waals surface area contributed by atoms with Gasteiger partial charge in [-0.2, -0.15) is 13.5 Å². The lowest BCUT2D eigenvalue weighted by Crippen LogP contribution is -2.05. The van der Waals surface area contributed by atoms with Crippen LogP contribution in [0.5, 0.6) is 0 Å². The first kappa shape index (κ1) is 33.5. The second kappa shape index (κ2) is 13.9. The molecule has 0 fully saturated rings. The molecule has 5 heterocycles. The van der Waals surface area contributed by atoms with E-state index in [1.165, 1.54) is 0 Å². The molecule has 0 aliphatic rings. The predicted molar refractivity (Wildman–Crippen MR) is 184 cm³/mol. The zero-order valence-electron chi connectivity index (χ0n) is 26.6. The summed E-state index contributed by atoms with van der Waals surface area (Å²) in [7, 11) is -4.35. The average Bonchev–Trinajstić information content (AvgIpc) is 3.82. The predicted octanol–water partition coefficient (Wildman–Crippen LogP) is 7.77. The minimum atomic E-state index is -4.35. The van der Waals surface area contributed by atoms with Gasteiger partial charge in [0, 0.05) is 34.0 Å². The third-order valence-electron chi connectivity index (χ3n) is 7.59. The highest BCUT2D eigenvalue weighted by Gasteiger charge is 2.23. The van der Waals surface area contributed by atoms with Crippen molar-refractivity contribution in [3.63, 3.8) is 0 Å². The summed E-state index contributed by atoms with van der Waals surface area (Å²) in [6.45, 7) is 13.0. The van der Waals surface area contributed by atoms with Crippen molar-refractivity contribution < 1.29 is 22.2 Å². The largest absolute Gasteiger partial charge is 0.377 e. The molecule has 242 valence electrons. The van der Waals surface area contributed by atoms with E-state index in [9.17, 15) is 13.0 Å². The van der Waals surface area contributed by atoms with Crippen molar-refractivity contribution in [3.05, 3.63) is 86.5 Å². The van der Waals surface area contributed by atoms with Crippen LogP contribution >= 0.6 is 22.7 Å². The van der Waals surface area contributed by atoms with Crippen LogP contribution in [0.1, 0.15) is 52.5 Å². The fraction of sp³-hybridized carbons (Fsp3) is 0.303. The molecule has 13 heteroatoms. The lowest BCUT2D eigenvalue weighted by atomic mass is 9.99. The van der Waals surface area contributed by atoms with E-state index in [1.807, 2.05) is 63.6 Å². The molecule has 0 spiro atoms. The first-order valence-electron chi connectivity index (χ1n) is 14.8. The zero-order chi connectivity index (χ0) is 33.2. The van der Waals surface area contributed by atoms with Gasteiger partial charge in [0.25, 0.3) is 0 Å². The molecule has 0 bridgehead atoms. The van der Waals surface area contributed by atoms with Gasteiger partial charge in [0.2, 0.25) is 5.88 Å². The number of nitrogens with two attached hydrogens (primary N) is 1. The van der Waals surface area contributed by atoms with Crippen molar-refractivity contribution in [1.82, 2.24) is 19.9 Å². The van der Waals surface area contributed by atoms with Gasteiger partial charge in [0.1, 0.15) is 5.69 Å². The molecule has 0 aliphatic carbocycles. The summed E-state index contributed by atoms with van der Waals surface area (Å²) in [5, 5.41) is 11.8. The Hall–Kier alpha value is -3.88. The van der Waals surface area contributed by atoms with Crippen LogP contribution in [0.4, 0.5) is 5.88 Å². The van der Waals surface area contributed by atoms with Crippen LogP contribution in [0.15, 0.2) is 56.6 Å². The number of nitrogens with zero attached hydrogens (tertiary/aromatic N) is 4. The Labute approximate surface area is 276 Å². The fourth-order valence-electron chi connectivity index (χ4n) is 5.14. The van der Waals surface area contributed by atoms with Crippen LogP contribution in [0.25, 0.3) is 32.6 Å². The second-order valence-electron chi connectivity index (χ2n) is 10.8. The van der Waals surface area contributed by atoms with Crippen LogP contribution in [0.3, 0.4) is 0 Å². The quantitative estimate of drug-likeness (QED) is 0.146. The summed E-state index contributed by atoms with van der Waals surface area (Å²) >= 11 is 2.72. The number of hydrogen-bond acceptors (Lipinski definition) is 10. The Kier molecular flexibility index (Phi) is 10.1. The van der Waals surface area contributed by atoms with E-state index >= 15 is 0 Å². The normalized spacial score (nSPS) is 11.6. The van der Waals surface area contributed by atoms with Crippen LogP contribution in [0, 0.1) is 27.7 Å².